The van der Waals surface area contributed by atoms with Crippen LogP contribution in [0, 0.1) is 16.7 Å². The van der Waals surface area contributed by atoms with E-state index in [2.05, 4.69) is 15.3 Å². The highest BCUT2D eigenvalue weighted by molar-refractivity contribution is 5.77. The summed E-state index contributed by atoms with van der Waals surface area (Å²) in [4.78, 5) is 21.5. The number of aromatic amines is 1. The first kappa shape index (κ1) is 21.7. The number of H-pyrrole nitrogens is 1. The summed E-state index contributed by atoms with van der Waals surface area (Å²) in [5, 5.41) is 11.6. The number of nitrogens with zero attached hydrogens (tertiary/aromatic N) is 6. The maximum Gasteiger partial charge on any atom is 0.433 e. The molecule has 2 spiro atoms. The summed E-state index contributed by atoms with van der Waals surface area (Å²) in [7, 11) is 1.34. The van der Waals surface area contributed by atoms with Crippen LogP contribution in [0.15, 0.2) is 6.07 Å². The van der Waals surface area contributed by atoms with E-state index in [1.54, 1.807) is 0 Å². The van der Waals surface area contributed by atoms with E-state index in [0.29, 0.717) is 29.9 Å². The van der Waals surface area contributed by atoms with E-state index in [1.165, 1.54) is 26.0 Å². The van der Waals surface area contributed by atoms with Crippen molar-refractivity contribution in [3.8, 4) is 0 Å². The lowest BCUT2D eigenvalue weighted by atomic mass is 9.56. The average molecular weight is 490 g/mol. The van der Waals surface area contributed by atoms with Crippen LogP contribution in [0.5, 0.6) is 0 Å². The zero-order chi connectivity index (χ0) is 24.2. The van der Waals surface area contributed by atoms with Crippen LogP contribution >= 0.6 is 0 Å². The van der Waals surface area contributed by atoms with Crippen molar-refractivity contribution < 1.29 is 18.0 Å². The largest absolute Gasteiger partial charge is 0.433 e. The second-order valence-corrected chi connectivity index (χ2v) is 12.1. The molecule has 2 saturated heterocycles. The normalized spacial score (nSPS) is 25.4. The minimum Gasteiger partial charge on any atom is -0.323 e. The van der Waals surface area contributed by atoms with Crippen LogP contribution in [0.1, 0.15) is 73.4 Å². The fourth-order valence-corrected chi connectivity index (χ4v) is 7.19. The van der Waals surface area contributed by atoms with Crippen LogP contribution in [0.4, 0.5) is 18.0 Å². The minimum absolute atomic E-state index is 0.140. The van der Waals surface area contributed by atoms with Crippen molar-refractivity contribution in [2.45, 2.75) is 63.0 Å². The molecule has 0 unspecified atom stereocenters. The highest BCUT2D eigenvalue weighted by atomic mass is 19.4. The van der Waals surface area contributed by atoms with E-state index < -0.39 is 11.9 Å². The van der Waals surface area contributed by atoms with Gasteiger partial charge in [-0.3, -0.25) is 9.78 Å². The summed E-state index contributed by atoms with van der Waals surface area (Å²) in [6.07, 6.45) is 2.67. The molecule has 5 fully saturated rings. The molecule has 188 valence electrons. The van der Waals surface area contributed by atoms with Crippen molar-refractivity contribution in [1.82, 2.24) is 34.8 Å². The summed E-state index contributed by atoms with van der Waals surface area (Å²) >= 11 is 0. The number of hydrogen-bond donors (Lipinski definition) is 1. The Hall–Kier alpha value is -2.59. The Bertz CT molecular complexity index is 1150. The molecule has 1 N–H and O–H groups in total. The van der Waals surface area contributed by atoms with Crippen LogP contribution in [-0.4, -0.2) is 67.0 Å². The highest BCUT2D eigenvalue weighted by Gasteiger charge is 2.58. The monoisotopic (exact) mass is 489 g/mol. The first-order valence-electron chi connectivity index (χ1n) is 12.7. The third-order valence-electron chi connectivity index (χ3n) is 9.02. The first-order chi connectivity index (χ1) is 16.6. The number of carbonyl (C=O) groups excluding carboxylic acids is 1. The number of halogens is 3. The number of alkyl halides is 3. The molecule has 7 rings (SSSR count). The topological polar surface area (TPSA) is 82.9 Å². The van der Waals surface area contributed by atoms with Gasteiger partial charge in [0.1, 0.15) is 11.5 Å². The zero-order valence-corrected chi connectivity index (χ0v) is 19.8. The molecule has 2 aliphatic heterocycles. The smallest absolute Gasteiger partial charge is 0.323 e. The van der Waals surface area contributed by atoms with Gasteiger partial charge in [0, 0.05) is 55.9 Å². The summed E-state index contributed by atoms with van der Waals surface area (Å²) in [5.74, 6) is 3.35. The lowest BCUT2D eigenvalue weighted by Crippen LogP contribution is -2.70. The Balaban J connectivity index is 0.850. The van der Waals surface area contributed by atoms with Gasteiger partial charge in [-0.15, -0.1) is 0 Å². The molecule has 5 aliphatic rings. The van der Waals surface area contributed by atoms with Crippen molar-refractivity contribution in [3.63, 3.8) is 0 Å². The van der Waals surface area contributed by atoms with E-state index in [-0.39, 0.29) is 16.9 Å². The Morgan fingerprint density at radius 1 is 1.06 bits per heavy atom. The average Bonchev–Trinajstić information content (AvgIpc) is 3.28. The molecule has 2 amide bonds. The summed E-state index contributed by atoms with van der Waals surface area (Å²) in [6, 6.07) is 1.31. The molecule has 35 heavy (non-hydrogen) atoms. The standard InChI is InChI=1S/C24H30F3N7O/c1-32-18(24(25,26)27)5-17(31-32)4-14-6-22(7-14)10-33(11-22)21(35)34-12-23(13-34)8-16(9-23)20-28-19(29-30-20)15-2-3-15/h5,14-16H,2-4,6-13H2,1H3,(H,28,29,30). The fourth-order valence-electron chi connectivity index (χ4n) is 7.19. The Labute approximate surface area is 201 Å². The van der Waals surface area contributed by atoms with Gasteiger partial charge in [0.2, 0.25) is 0 Å². The first-order valence-corrected chi connectivity index (χ1v) is 12.7. The Kier molecular flexibility index (Phi) is 4.34. The molecule has 11 heteroatoms. The summed E-state index contributed by atoms with van der Waals surface area (Å²) < 4.78 is 39.9. The van der Waals surface area contributed by atoms with Crippen molar-refractivity contribution >= 4 is 6.03 Å². The summed E-state index contributed by atoms with van der Waals surface area (Å²) in [5.41, 5.74) is 0.223. The second-order valence-electron chi connectivity index (χ2n) is 12.1. The second kappa shape index (κ2) is 7.00. The Morgan fingerprint density at radius 2 is 1.69 bits per heavy atom. The van der Waals surface area contributed by atoms with E-state index in [9.17, 15) is 18.0 Å². The SMILES string of the molecule is Cn1nc(CC2CC3(C2)CN(C(=O)N2CC4(CC(c5n[nH]c(C6CC6)n5)C4)C2)C3)cc1C(F)(F)F. The van der Waals surface area contributed by atoms with Crippen molar-refractivity contribution in [2.24, 2.45) is 23.8 Å². The number of likely N-dealkylation sites (tertiary alicyclic amines) is 2. The zero-order valence-electron chi connectivity index (χ0n) is 19.8. The number of carbonyl (C=O) groups is 1. The third kappa shape index (κ3) is 3.56. The van der Waals surface area contributed by atoms with Gasteiger partial charge >= 0.3 is 12.2 Å². The molecular weight excluding hydrogens is 459 g/mol. The molecule has 3 saturated carbocycles. The molecule has 2 aromatic heterocycles. The number of rotatable bonds is 4. The van der Waals surface area contributed by atoms with Gasteiger partial charge in [-0.1, -0.05) is 0 Å². The fraction of sp³-hybridized carbons (Fsp3) is 0.750. The van der Waals surface area contributed by atoms with Crippen LogP contribution < -0.4 is 0 Å². The molecular formula is C24H30F3N7O. The molecule has 4 heterocycles. The van der Waals surface area contributed by atoms with E-state index >= 15 is 0 Å². The van der Waals surface area contributed by atoms with Crippen molar-refractivity contribution in [3.05, 3.63) is 29.1 Å². The molecule has 2 aromatic rings. The minimum atomic E-state index is -4.37. The number of aryl methyl sites for hydroxylation is 1. The van der Waals surface area contributed by atoms with Gasteiger partial charge in [-0.2, -0.15) is 23.4 Å². The van der Waals surface area contributed by atoms with Gasteiger partial charge in [-0.25, -0.2) is 9.78 Å². The molecule has 0 aromatic carbocycles. The maximum absolute atomic E-state index is 13.0. The number of aromatic nitrogens is 5. The molecule has 0 bridgehead atoms. The molecule has 0 atom stereocenters. The highest BCUT2D eigenvalue weighted by Crippen LogP contribution is 2.57. The lowest BCUT2D eigenvalue weighted by Gasteiger charge is -2.63. The number of amides is 2. The van der Waals surface area contributed by atoms with Gasteiger partial charge in [0.05, 0.1) is 5.69 Å². The number of urea groups is 1. The van der Waals surface area contributed by atoms with Gasteiger partial charge in [0.15, 0.2) is 5.82 Å². The van der Waals surface area contributed by atoms with Crippen molar-refractivity contribution in [2.75, 3.05) is 26.2 Å². The van der Waals surface area contributed by atoms with Crippen LogP contribution in [0.2, 0.25) is 0 Å². The van der Waals surface area contributed by atoms with Gasteiger partial charge in [-0.05, 0) is 56.9 Å². The molecule has 8 nitrogen and oxygen atoms in total. The quantitative estimate of drug-likeness (QED) is 0.710. The molecule has 3 aliphatic carbocycles. The lowest BCUT2D eigenvalue weighted by molar-refractivity contribution is -0.143. The Morgan fingerprint density at radius 3 is 2.26 bits per heavy atom. The predicted octanol–water partition coefficient (Wildman–Crippen LogP) is 3.69. The van der Waals surface area contributed by atoms with Gasteiger partial charge < -0.3 is 9.80 Å². The number of nitrogens with one attached hydrogen (secondary N) is 1. The maximum atomic E-state index is 13.0. The molecule has 0 radical (unpaired) electrons. The van der Waals surface area contributed by atoms with Crippen LogP contribution in [0.3, 0.4) is 0 Å². The van der Waals surface area contributed by atoms with Crippen LogP contribution in [0.25, 0.3) is 0 Å². The van der Waals surface area contributed by atoms with Gasteiger partial charge in [0.25, 0.3) is 0 Å². The predicted molar refractivity (Wildman–Crippen MR) is 118 cm³/mol. The summed E-state index contributed by atoms with van der Waals surface area (Å²) in [6.45, 7) is 3.20. The number of hydrogen-bond acceptors (Lipinski definition) is 4. The van der Waals surface area contributed by atoms with Crippen LogP contribution in [-0.2, 0) is 19.6 Å². The van der Waals surface area contributed by atoms with E-state index in [0.717, 1.165) is 68.2 Å². The van der Waals surface area contributed by atoms with Crippen molar-refractivity contribution in [1.29, 1.82) is 0 Å². The van der Waals surface area contributed by atoms with E-state index in [4.69, 9.17) is 4.98 Å². The van der Waals surface area contributed by atoms with E-state index in [1.807, 2.05) is 9.80 Å². The third-order valence-corrected chi connectivity index (χ3v) is 9.02.